The van der Waals surface area contributed by atoms with Gasteiger partial charge in [0, 0.05) is 12.6 Å². The normalized spacial score (nSPS) is 15.9. The van der Waals surface area contributed by atoms with Crippen molar-refractivity contribution in [2.75, 3.05) is 6.54 Å². The van der Waals surface area contributed by atoms with Crippen molar-refractivity contribution >= 4 is 5.91 Å². The highest BCUT2D eigenvalue weighted by molar-refractivity contribution is 5.81. The fourth-order valence-corrected chi connectivity index (χ4v) is 1.02. The Morgan fingerprint density at radius 1 is 1.27 bits per heavy atom. The van der Waals surface area contributed by atoms with E-state index in [4.69, 9.17) is 0 Å². The molecule has 3 heteroatoms. The minimum absolute atomic E-state index is 0.0913. The summed E-state index contributed by atoms with van der Waals surface area (Å²) in [6.45, 7) is 13.3. The molecule has 0 fully saturated rings. The van der Waals surface area contributed by atoms with Crippen molar-refractivity contribution in [3.63, 3.8) is 0 Å². The number of amides is 1. The third kappa shape index (κ3) is 7.37. The first-order chi connectivity index (χ1) is 6.76. The second-order valence-electron chi connectivity index (χ2n) is 5.48. The highest BCUT2D eigenvalue weighted by Gasteiger charge is 2.17. The van der Waals surface area contributed by atoms with E-state index in [-0.39, 0.29) is 23.4 Å². The second-order valence-corrected chi connectivity index (χ2v) is 5.48. The van der Waals surface area contributed by atoms with Gasteiger partial charge >= 0.3 is 0 Å². The monoisotopic (exact) mass is 214 g/mol. The molecule has 3 nitrogen and oxygen atoms in total. The molecule has 0 saturated heterocycles. The fourth-order valence-electron chi connectivity index (χ4n) is 1.02. The van der Waals surface area contributed by atoms with Crippen LogP contribution < -0.4 is 10.6 Å². The predicted octanol–water partition coefficient (Wildman–Crippen LogP) is 1.93. The summed E-state index contributed by atoms with van der Waals surface area (Å²) in [4.78, 5) is 11.7. The molecule has 2 N–H and O–H groups in total. The van der Waals surface area contributed by atoms with Gasteiger partial charge in [0.25, 0.3) is 0 Å². The van der Waals surface area contributed by atoms with Gasteiger partial charge in [-0.3, -0.25) is 4.79 Å². The maximum absolute atomic E-state index is 11.7. The van der Waals surface area contributed by atoms with Gasteiger partial charge in [0.2, 0.25) is 5.91 Å². The SMILES string of the molecule is CCC(C)NC(=O)C(C)NCC(C)(C)C. The van der Waals surface area contributed by atoms with Gasteiger partial charge < -0.3 is 10.6 Å². The van der Waals surface area contributed by atoms with Gasteiger partial charge in [-0.15, -0.1) is 0 Å². The van der Waals surface area contributed by atoms with E-state index in [9.17, 15) is 4.79 Å². The lowest BCUT2D eigenvalue weighted by Gasteiger charge is -2.23. The molecule has 0 rings (SSSR count). The predicted molar refractivity (Wildman–Crippen MR) is 64.8 cm³/mol. The van der Waals surface area contributed by atoms with E-state index in [0.717, 1.165) is 13.0 Å². The summed E-state index contributed by atoms with van der Waals surface area (Å²) in [5.74, 6) is 0.0913. The van der Waals surface area contributed by atoms with Gasteiger partial charge in [0.1, 0.15) is 0 Å². The van der Waals surface area contributed by atoms with Crippen LogP contribution in [0.2, 0.25) is 0 Å². The zero-order chi connectivity index (χ0) is 12.1. The lowest BCUT2D eigenvalue weighted by Crippen LogP contribution is -2.47. The Hall–Kier alpha value is -0.570. The lowest BCUT2D eigenvalue weighted by atomic mass is 9.96. The van der Waals surface area contributed by atoms with Gasteiger partial charge in [0.15, 0.2) is 0 Å². The van der Waals surface area contributed by atoms with Gasteiger partial charge in [-0.1, -0.05) is 27.7 Å². The summed E-state index contributed by atoms with van der Waals surface area (Å²) >= 11 is 0. The number of carbonyl (C=O) groups excluding carboxylic acids is 1. The molecule has 2 atom stereocenters. The maximum atomic E-state index is 11.7. The molecular formula is C12H26N2O. The zero-order valence-corrected chi connectivity index (χ0v) is 11.0. The van der Waals surface area contributed by atoms with E-state index in [2.05, 4.69) is 38.3 Å². The Balaban J connectivity index is 3.89. The average molecular weight is 214 g/mol. The molecule has 0 bridgehead atoms. The Bertz CT molecular complexity index is 196. The average Bonchev–Trinajstić information content (AvgIpc) is 2.12. The summed E-state index contributed by atoms with van der Waals surface area (Å²) in [7, 11) is 0. The van der Waals surface area contributed by atoms with E-state index in [1.165, 1.54) is 0 Å². The van der Waals surface area contributed by atoms with Gasteiger partial charge in [0.05, 0.1) is 6.04 Å². The third-order valence-electron chi connectivity index (χ3n) is 2.33. The molecular weight excluding hydrogens is 188 g/mol. The molecule has 90 valence electrons. The highest BCUT2D eigenvalue weighted by Crippen LogP contribution is 2.10. The maximum Gasteiger partial charge on any atom is 0.237 e. The molecule has 0 aromatic carbocycles. The van der Waals surface area contributed by atoms with Crippen molar-refractivity contribution < 1.29 is 4.79 Å². The summed E-state index contributed by atoms with van der Waals surface area (Å²) in [5.41, 5.74) is 0.213. The number of hydrogen-bond donors (Lipinski definition) is 2. The van der Waals surface area contributed by atoms with Crippen LogP contribution in [0.15, 0.2) is 0 Å². The molecule has 0 aromatic rings. The smallest absolute Gasteiger partial charge is 0.237 e. The Morgan fingerprint density at radius 3 is 2.20 bits per heavy atom. The van der Waals surface area contributed by atoms with Crippen molar-refractivity contribution in [1.29, 1.82) is 0 Å². The number of nitrogens with one attached hydrogen (secondary N) is 2. The van der Waals surface area contributed by atoms with Crippen LogP contribution in [0.25, 0.3) is 0 Å². The van der Waals surface area contributed by atoms with Crippen molar-refractivity contribution in [2.24, 2.45) is 5.41 Å². The van der Waals surface area contributed by atoms with Crippen molar-refractivity contribution in [3.05, 3.63) is 0 Å². The molecule has 0 aromatic heterocycles. The Labute approximate surface area is 94.0 Å². The molecule has 0 spiro atoms. The number of hydrogen-bond acceptors (Lipinski definition) is 2. The van der Waals surface area contributed by atoms with Crippen molar-refractivity contribution in [2.45, 2.75) is 60.0 Å². The quantitative estimate of drug-likeness (QED) is 0.734. The largest absolute Gasteiger partial charge is 0.352 e. The van der Waals surface area contributed by atoms with Crippen LogP contribution in [0.4, 0.5) is 0 Å². The number of carbonyl (C=O) groups is 1. The fraction of sp³-hybridized carbons (Fsp3) is 0.917. The second kappa shape index (κ2) is 6.11. The molecule has 2 unspecified atom stereocenters. The van der Waals surface area contributed by atoms with Gasteiger partial charge in [-0.2, -0.15) is 0 Å². The summed E-state index contributed by atoms with van der Waals surface area (Å²) in [6.07, 6.45) is 0.970. The molecule has 0 aliphatic rings. The van der Waals surface area contributed by atoms with Crippen LogP contribution in [0.5, 0.6) is 0 Å². The minimum Gasteiger partial charge on any atom is -0.352 e. The minimum atomic E-state index is -0.113. The van der Waals surface area contributed by atoms with E-state index in [1.807, 2.05) is 13.8 Å². The van der Waals surface area contributed by atoms with Gasteiger partial charge in [-0.25, -0.2) is 0 Å². The van der Waals surface area contributed by atoms with Crippen LogP contribution in [-0.4, -0.2) is 24.5 Å². The van der Waals surface area contributed by atoms with Crippen molar-refractivity contribution in [3.8, 4) is 0 Å². The topological polar surface area (TPSA) is 41.1 Å². The molecule has 1 amide bonds. The molecule has 0 radical (unpaired) electrons. The molecule has 15 heavy (non-hydrogen) atoms. The zero-order valence-electron chi connectivity index (χ0n) is 11.0. The van der Waals surface area contributed by atoms with Crippen LogP contribution in [0.1, 0.15) is 48.0 Å². The highest BCUT2D eigenvalue weighted by atomic mass is 16.2. The van der Waals surface area contributed by atoms with Gasteiger partial charge in [-0.05, 0) is 25.7 Å². The molecule has 0 heterocycles. The summed E-state index contributed by atoms with van der Waals surface area (Å²) in [6, 6.07) is 0.148. The van der Waals surface area contributed by atoms with E-state index in [1.54, 1.807) is 0 Å². The van der Waals surface area contributed by atoms with Crippen LogP contribution >= 0.6 is 0 Å². The van der Waals surface area contributed by atoms with Crippen molar-refractivity contribution in [1.82, 2.24) is 10.6 Å². The van der Waals surface area contributed by atoms with E-state index >= 15 is 0 Å². The standard InChI is InChI=1S/C12H26N2O/c1-7-9(2)14-11(15)10(3)13-8-12(4,5)6/h9-10,13H,7-8H2,1-6H3,(H,14,15). The molecule has 0 saturated carbocycles. The lowest BCUT2D eigenvalue weighted by molar-refractivity contribution is -0.123. The summed E-state index contributed by atoms with van der Waals surface area (Å²) < 4.78 is 0. The first-order valence-corrected chi connectivity index (χ1v) is 5.80. The molecule has 0 aliphatic carbocycles. The van der Waals surface area contributed by atoms with E-state index < -0.39 is 0 Å². The first-order valence-electron chi connectivity index (χ1n) is 5.80. The first kappa shape index (κ1) is 14.4. The number of rotatable bonds is 5. The summed E-state index contributed by atoms with van der Waals surface area (Å²) in [5, 5.41) is 6.20. The van der Waals surface area contributed by atoms with Crippen LogP contribution in [0.3, 0.4) is 0 Å². The van der Waals surface area contributed by atoms with E-state index in [0.29, 0.717) is 0 Å². The van der Waals surface area contributed by atoms with Crippen LogP contribution in [-0.2, 0) is 4.79 Å². The van der Waals surface area contributed by atoms with Crippen LogP contribution in [0, 0.1) is 5.41 Å². The Kier molecular flexibility index (Phi) is 5.88. The molecule has 0 aliphatic heterocycles. The Morgan fingerprint density at radius 2 is 1.80 bits per heavy atom. The third-order valence-corrected chi connectivity index (χ3v) is 2.33.